The van der Waals surface area contributed by atoms with Crippen molar-refractivity contribution in [3.63, 3.8) is 0 Å². The molecule has 120 valence electrons. The molecule has 0 aliphatic carbocycles. The SMILES string of the molecule is CCC[CH2][Sn]([CH2]CCC)([CH2]CCC)[CH2]N1CCCCC1. The predicted molar refractivity (Wildman–Crippen MR) is 95.2 cm³/mol. The quantitative estimate of drug-likeness (QED) is 0.401. The maximum absolute atomic E-state index is 2.89. The Balaban J connectivity index is 2.64. The summed E-state index contributed by atoms with van der Waals surface area (Å²) in [6.45, 7) is 10.00. The van der Waals surface area contributed by atoms with Crippen molar-refractivity contribution < 1.29 is 0 Å². The molecule has 1 fully saturated rings. The molecule has 1 nitrogen and oxygen atoms in total. The van der Waals surface area contributed by atoms with Gasteiger partial charge in [-0.1, -0.05) is 0 Å². The molecule has 0 bridgehead atoms. The Morgan fingerprint density at radius 3 is 1.55 bits per heavy atom. The molecular weight excluding hydrogens is 349 g/mol. The number of hydrogen-bond acceptors (Lipinski definition) is 1. The third-order valence-electron chi connectivity index (χ3n) is 5.19. The summed E-state index contributed by atoms with van der Waals surface area (Å²) in [5.74, 6) is 0. The van der Waals surface area contributed by atoms with Gasteiger partial charge in [-0.3, -0.25) is 0 Å². The van der Waals surface area contributed by atoms with Crippen LogP contribution in [0.15, 0.2) is 0 Å². The summed E-state index contributed by atoms with van der Waals surface area (Å²) < 4.78 is 6.65. The number of rotatable bonds is 11. The first-order chi connectivity index (χ1) is 9.76. The first-order valence-electron chi connectivity index (χ1n) is 9.48. The van der Waals surface area contributed by atoms with Crippen LogP contribution in [0.5, 0.6) is 0 Å². The van der Waals surface area contributed by atoms with E-state index in [0.29, 0.717) is 0 Å². The van der Waals surface area contributed by atoms with Gasteiger partial charge in [0.25, 0.3) is 0 Å². The topological polar surface area (TPSA) is 3.24 Å². The average Bonchev–Trinajstić information content (AvgIpc) is 2.49. The fraction of sp³-hybridized carbons (Fsp3) is 1.00. The van der Waals surface area contributed by atoms with Crippen LogP contribution in [0.4, 0.5) is 0 Å². The number of piperidine rings is 1. The molecular formula is C18H39NSn. The Bertz CT molecular complexity index is 202. The van der Waals surface area contributed by atoms with Gasteiger partial charge in [-0.25, -0.2) is 0 Å². The molecule has 0 radical (unpaired) electrons. The number of hydrogen-bond donors (Lipinski definition) is 0. The molecule has 0 N–H and O–H groups in total. The van der Waals surface area contributed by atoms with Crippen molar-refractivity contribution >= 4 is 18.4 Å². The van der Waals surface area contributed by atoms with Gasteiger partial charge < -0.3 is 0 Å². The van der Waals surface area contributed by atoms with Crippen molar-refractivity contribution in [3.8, 4) is 0 Å². The van der Waals surface area contributed by atoms with E-state index in [0.717, 1.165) is 0 Å². The van der Waals surface area contributed by atoms with Gasteiger partial charge in [0.1, 0.15) is 0 Å². The third-order valence-corrected chi connectivity index (χ3v) is 20.5. The van der Waals surface area contributed by atoms with Crippen LogP contribution >= 0.6 is 0 Å². The zero-order valence-electron chi connectivity index (χ0n) is 14.6. The van der Waals surface area contributed by atoms with E-state index in [1.807, 2.05) is 0 Å². The molecule has 1 heterocycles. The summed E-state index contributed by atoms with van der Waals surface area (Å²) in [6.07, 6.45) is 13.2. The zero-order valence-corrected chi connectivity index (χ0v) is 17.4. The van der Waals surface area contributed by atoms with Crippen LogP contribution in [-0.2, 0) is 0 Å². The molecule has 20 heavy (non-hydrogen) atoms. The Hall–Kier alpha value is 0.759. The molecule has 1 rings (SSSR count). The fourth-order valence-electron chi connectivity index (χ4n) is 3.86. The number of unbranched alkanes of at least 4 members (excludes halogenated alkanes) is 3. The standard InChI is InChI=1S/C6H12N.3C4H9.Sn/c1-7-5-3-2-4-6-7;3*1-3-4-2;/h1-6H2;3*1,3-4H2,2H3;. The van der Waals surface area contributed by atoms with E-state index in [2.05, 4.69) is 25.7 Å². The van der Waals surface area contributed by atoms with Gasteiger partial charge in [-0.05, 0) is 0 Å². The van der Waals surface area contributed by atoms with Crippen molar-refractivity contribution in [1.82, 2.24) is 4.90 Å². The second kappa shape index (κ2) is 11.3. The van der Waals surface area contributed by atoms with Crippen LogP contribution in [0.25, 0.3) is 0 Å². The second-order valence-corrected chi connectivity index (χ2v) is 20.9. The minimum atomic E-state index is -1.87. The summed E-state index contributed by atoms with van der Waals surface area (Å²) in [5.41, 5.74) is 0. The van der Waals surface area contributed by atoms with Gasteiger partial charge in [0.15, 0.2) is 0 Å². The van der Waals surface area contributed by atoms with Crippen molar-refractivity contribution in [2.45, 2.75) is 91.9 Å². The summed E-state index contributed by atoms with van der Waals surface area (Å²) in [5, 5.41) is 0. The molecule has 1 aliphatic rings. The number of nitrogens with zero attached hydrogens (tertiary/aromatic N) is 1. The summed E-state index contributed by atoms with van der Waals surface area (Å²) in [7, 11) is 0. The van der Waals surface area contributed by atoms with Crippen LogP contribution in [0.2, 0.25) is 13.3 Å². The average molecular weight is 388 g/mol. The van der Waals surface area contributed by atoms with E-state index in [4.69, 9.17) is 0 Å². The van der Waals surface area contributed by atoms with E-state index < -0.39 is 18.4 Å². The first kappa shape index (κ1) is 18.8. The number of likely N-dealkylation sites (tertiary alicyclic amines) is 1. The van der Waals surface area contributed by atoms with Gasteiger partial charge in [0.05, 0.1) is 0 Å². The molecule has 0 aromatic carbocycles. The Morgan fingerprint density at radius 1 is 0.700 bits per heavy atom. The van der Waals surface area contributed by atoms with Crippen LogP contribution in [0.3, 0.4) is 0 Å². The zero-order chi connectivity index (χ0) is 14.7. The molecule has 1 aliphatic heterocycles. The fourth-order valence-corrected chi connectivity index (χ4v) is 20.4. The summed E-state index contributed by atoms with van der Waals surface area (Å²) in [4.78, 5) is 2.89. The maximum atomic E-state index is 2.89. The molecule has 0 amide bonds. The molecule has 0 atom stereocenters. The second-order valence-electron chi connectivity index (χ2n) is 7.15. The Morgan fingerprint density at radius 2 is 1.15 bits per heavy atom. The van der Waals surface area contributed by atoms with E-state index in [1.54, 1.807) is 17.9 Å². The Kier molecular flexibility index (Phi) is 10.7. The van der Waals surface area contributed by atoms with Gasteiger partial charge >= 0.3 is 133 Å². The van der Waals surface area contributed by atoms with E-state index in [9.17, 15) is 0 Å². The van der Waals surface area contributed by atoms with Crippen molar-refractivity contribution in [2.24, 2.45) is 0 Å². The Labute approximate surface area is 132 Å². The monoisotopic (exact) mass is 389 g/mol. The van der Waals surface area contributed by atoms with Gasteiger partial charge in [0.2, 0.25) is 0 Å². The molecule has 0 saturated carbocycles. The summed E-state index contributed by atoms with van der Waals surface area (Å²) in [6, 6.07) is 0. The molecule has 1 saturated heterocycles. The molecule has 0 aromatic rings. The minimum absolute atomic E-state index is 1.41. The predicted octanol–water partition coefficient (Wildman–Crippen LogP) is 5.86. The van der Waals surface area contributed by atoms with E-state index in [1.165, 1.54) is 70.9 Å². The van der Waals surface area contributed by atoms with E-state index >= 15 is 0 Å². The normalized spacial score (nSPS) is 17.6. The summed E-state index contributed by atoms with van der Waals surface area (Å²) >= 11 is -1.87. The van der Waals surface area contributed by atoms with Crippen LogP contribution in [-0.4, -0.2) is 40.9 Å². The van der Waals surface area contributed by atoms with Crippen molar-refractivity contribution in [2.75, 3.05) is 17.7 Å². The van der Waals surface area contributed by atoms with Crippen LogP contribution in [0, 0.1) is 0 Å². The third kappa shape index (κ3) is 7.15. The molecule has 0 spiro atoms. The first-order valence-corrected chi connectivity index (χ1v) is 17.6. The van der Waals surface area contributed by atoms with Crippen LogP contribution < -0.4 is 0 Å². The van der Waals surface area contributed by atoms with Crippen molar-refractivity contribution in [3.05, 3.63) is 0 Å². The molecule has 0 unspecified atom stereocenters. The van der Waals surface area contributed by atoms with E-state index in [-0.39, 0.29) is 0 Å². The van der Waals surface area contributed by atoms with Gasteiger partial charge in [-0.2, -0.15) is 0 Å². The van der Waals surface area contributed by atoms with Gasteiger partial charge in [-0.15, -0.1) is 0 Å². The van der Waals surface area contributed by atoms with Crippen LogP contribution in [0.1, 0.15) is 78.6 Å². The van der Waals surface area contributed by atoms with Crippen molar-refractivity contribution in [1.29, 1.82) is 0 Å². The van der Waals surface area contributed by atoms with Gasteiger partial charge in [0, 0.05) is 0 Å². The molecule has 2 heteroatoms. The molecule has 0 aromatic heterocycles.